The SMILES string of the molecule is CCc1ccc(NC(=O)c2ccnc(NCc3ccncc3)n2)cc1. The van der Waals surface area contributed by atoms with Crippen LogP contribution in [-0.4, -0.2) is 20.9 Å². The summed E-state index contributed by atoms with van der Waals surface area (Å²) in [7, 11) is 0. The van der Waals surface area contributed by atoms with E-state index in [-0.39, 0.29) is 5.91 Å². The van der Waals surface area contributed by atoms with Gasteiger partial charge in [-0.2, -0.15) is 0 Å². The molecule has 0 fully saturated rings. The number of pyridine rings is 1. The number of aryl methyl sites for hydroxylation is 1. The van der Waals surface area contributed by atoms with Gasteiger partial charge in [0, 0.05) is 30.8 Å². The van der Waals surface area contributed by atoms with E-state index in [1.54, 1.807) is 24.7 Å². The molecule has 0 atom stereocenters. The fourth-order valence-corrected chi connectivity index (χ4v) is 2.27. The molecule has 0 aliphatic heterocycles. The molecule has 0 unspecified atom stereocenters. The van der Waals surface area contributed by atoms with E-state index in [1.165, 1.54) is 5.56 Å². The van der Waals surface area contributed by atoms with Crippen molar-refractivity contribution in [1.29, 1.82) is 0 Å². The first-order valence-corrected chi connectivity index (χ1v) is 8.10. The monoisotopic (exact) mass is 333 g/mol. The van der Waals surface area contributed by atoms with E-state index in [2.05, 4.69) is 32.5 Å². The van der Waals surface area contributed by atoms with Crippen LogP contribution in [0.4, 0.5) is 11.6 Å². The number of nitrogens with zero attached hydrogens (tertiary/aromatic N) is 3. The predicted molar refractivity (Wildman–Crippen MR) is 97.4 cm³/mol. The first-order valence-electron chi connectivity index (χ1n) is 8.10. The van der Waals surface area contributed by atoms with E-state index in [4.69, 9.17) is 0 Å². The van der Waals surface area contributed by atoms with Gasteiger partial charge in [-0.1, -0.05) is 19.1 Å². The Kier molecular flexibility index (Phi) is 5.31. The normalized spacial score (nSPS) is 10.3. The van der Waals surface area contributed by atoms with Gasteiger partial charge in [0.1, 0.15) is 5.69 Å². The molecule has 0 bridgehead atoms. The second-order valence-corrected chi connectivity index (χ2v) is 5.48. The summed E-state index contributed by atoms with van der Waals surface area (Å²) in [5, 5.41) is 5.95. The Balaban J connectivity index is 1.64. The minimum Gasteiger partial charge on any atom is -0.350 e. The summed E-state index contributed by atoms with van der Waals surface area (Å²) >= 11 is 0. The lowest BCUT2D eigenvalue weighted by Gasteiger charge is -2.08. The van der Waals surface area contributed by atoms with Crippen LogP contribution in [0.2, 0.25) is 0 Å². The van der Waals surface area contributed by atoms with Gasteiger partial charge in [-0.25, -0.2) is 9.97 Å². The molecule has 0 radical (unpaired) electrons. The largest absolute Gasteiger partial charge is 0.350 e. The Morgan fingerprint density at radius 2 is 1.72 bits per heavy atom. The third-order valence-corrected chi connectivity index (χ3v) is 3.71. The molecule has 25 heavy (non-hydrogen) atoms. The molecule has 3 rings (SSSR count). The highest BCUT2D eigenvalue weighted by atomic mass is 16.1. The molecule has 0 saturated heterocycles. The molecular weight excluding hydrogens is 314 g/mol. The number of amides is 1. The number of carbonyl (C=O) groups excluding carboxylic acids is 1. The standard InChI is InChI=1S/C19H19N5O/c1-2-14-3-5-16(6-4-14)23-18(25)17-9-12-21-19(24-17)22-13-15-7-10-20-11-8-15/h3-12H,2,13H2,1H3,(H,23,25)(H,21,22,24). The van der Waals surface area contributed by atoms with E-state index in [9.17, 15) is 4.79 Å². The highest BCUT2D eigenvalue weighted by molar-refractivity contribution is 6.02. The molecule has 1 amide bonds. The Labute approximate surface area is 146 Å². The van der Waals surface area contributed by atoms with Crippen LogP contribution in [0.3, 0.4) is 0 Å². The van der Waals surface area contributed by atoms with E-state index >= 15 is 0 Å². The summed E-state index contributed by atoms with van der Waals surface area (Å²) in [6.45, 7) is 2.65. The van der Waals surface area contributed by atoms with Crippen LogP contribution in [0.5, 0.6) is 0 Å². The van der Waals surface area contributed by atoms with Crippen LogP contribution in [0.25, 0.3) is 0 Å². The van der Waals surface area contributed by atoms with Crippen molar-refractivity contribution in [2.24, 2.45) is 0 Å². The van der Waals surface area contributed by atoms with Gasteiger partial charge in [0.15, 0.2) is 0 Å². The highest BCUT2D eigenvalue weighted by Crippen LogP contribution is 2.12. The van der Waals surface area contributed by atoms with Crippen molar-refractivity contribution < 1.29 is 4.79 Å². The highest BCUT2D eigenvalue weighted by Gasteiger charge is 2.09. The third-order valence-electron chi connectivity index (χ3n) is 3.71. The number of nitrogens with one attached hydrogen (secondary N) is 2. The van der Waals surface area contributed by atoms with Crippen LogP contribution in [0.1, 0.15) is 28.5 Å². The molecule has 2 N–H and O–H groups in total. The minimum absolute atomic E-state index is 0.265. The van der Waals surface area contributed by atoms with Gasteiger partial charge in [-0.05, 0) is 47.9 Å². The van der Waals surface area contributed by atoms with E-state index < -0.39 is 0 Å². The fourth-order valence-electron chi connectivity index (χ4n) is 2.27. The van der Waals surface area contributed by atoms with Crippen molar-refractivity contribution in [3.63, 3.8) is 0 Å². The van der Waals surface area contributed by atoms with Gasteiger partial charge in [-0.3, -0.25) is 9.78 Å². The smallest absolute Gasteiger partial charge is 0.274 e. The summed E-state index contributed by atoms with van der Waals surface area (Å²) in [4.78, 5) is 24.8. The first kappa shape index (κ1) is 16.6. The molecular formula is C19H19N5O. The molecule has 126 valence electrons. The zero-order valence-corrected chi connectivity index (χ0v) is 13.9. The minimum atomic E-state index is -0.265. The van der Waals surface area contributed by atoms with Crippen molar-refractivity contribution in [2.75, 3.05) is 10.6 Å². The van der Waals surface area contributed by atoms with E-state index in [1.807, 2.05) is 36.4 Å². The van der Waals surface area contributed by atoms with Crippen LogP contribution < -0.4 is 10.6 Å². The quantitative estimate of drug-likeness (QED) is 0.723. The van der Waals surface area contributed by atoms with Crippen molar-refractivity contribution in [3.05, 3.63) is 77.9 Å². The average molecular weight is 333 g/mol. The molecule has 0 aliphatic rings. The van der Waals surface area contributed by atoms with Gasteiger partial charge in [0.2, 0.25) is 5.95 Å². The zero-order valence-electron chi connectivity index (χ0n) is 13.9. The van der Waals surface area contributed by atoms with Crippen molar-refractivity contribution in [3.8, 4) is 0 Å². The summed E-state index contributed by atoms with van der Waals surface area (Å²) in [5.74, 6) is 0.143. The van der Waals surface area contributed by atoms with E-state index in [0.717, 1.165) is 17.7 Å². The van der Waals surface area contributed by atoms with Crippen molar-refractivity contribution >= 4 is 17.5 Å². The van der Waals surface area contributed by atoms with E-state index in [0.29, 0.717) is 18.2 Å². The Bertz CT molecular complexity index is 834. The maximum atomic E-state index is 12.4. The molecule has 2 aromatic heterocycles. The number of hydrogen-bond acceptors (Lipinski definition) is 5. The first-order chi connectivity index (χ1) is 12.2. The zero-order chi connectivity index (χ0) is 17.5. The van der Waals surface area contributed by atoms with Gasteiger partial charge in [0.25, 0.3) is 5.91 Å². The maximum Gasteiger partial charge on any atom is 0.274 e. The molecule has 0 aliphatic carbocycles. The van der Waals surface area contributed by atoms with Crippen LogP contribution in [-0.2, 0) is 13.0 Å². The van der Waals surface area contributed by atoms with Crippen LogP contribution in [0.15, 0.2) is 61.1 Å². The maximum absolute atomic E-state index is 12.4. The van der Waals surface area contributed by atoms with Gasteiger partial charge >= 0.3 is 0 Å². The molecule has 0 spiro atoms. The van der Waals surface area contributed by atoms with Crippen molar-refractivity contribution in [1.82, 2.24) is 15.0 Å². The Morgan fingerprint density at radius 3 is 2.44 bits per heavy atom. The number of carbonyl (C=O) groups is 1. The second kappa shape index (κ2) is 8.01. The second-order valence-electron chi connectivity index (χ2n) is 5.48. The molecule has 3 aromatic rings. The Hall–Kier alpha value is -3.28. The number of hydrogen-bond donors (Lipinski definition) is 2. The molecule has 0 saturated carbocycles. The summed E-state index contributed by atoms with van der Waals surface area (Å²) in [5.41, 5.74) is 3.34. The van der Waals surface area contributed by atoms with Gasteiger partial charge in [-0.15, -0.1) is 0 Å². The molecule has 1 aromatic carbocycles. The topological polar surface area (TPSA) is 79.8 Å². The lowest BCUT2D eigenvalue weighted by molar-refractivity contribution is 0.102. The summed E-state index contributed by atoms with van der Waals surface area (Å²) in [6.07, 6.45) is 5.99. The number of aromatic nitrogens is 3. The molecule has 2 heterocycles. The lowest BCUT2D eigenvalue weighted by atomic mass is 10.1. The average Bonchev–Trinajstić information content (AvgIpc) is 2.68. The molecule has 6 nitrogen and oxygen atoms in total. The number of benzene rings is 1. The Morgan fingerprint density at radius 1 is 0.960 bits per heavy atom. The number of rotatable bonds is 6. The number of anilines is 2. The van der Waals surface area contributed by atoms with Gasteiger partial charge < -0.3 is 10.6 Å². The van der Waals surface area contributed by atoms with Gasteiger partial charge in [0.05, 0.1) is 0 Å². The lowest BCUT2D eigenvalue weighted by Crippen LogP contribution is -2.15. The summed E-state index contributed by atoms with van der Waals surface area (Å²) < 4.78 is 0. The predicted octanol–water partition coefficient (Wildman–Crippen LogP) is 3.30. The van der Waals surface area contributed by atoms with Crippen molar-refractivity contribution in [2.45, 2.75) is 19.9 Å². The van der Waals surface area contributed by atoms with Crippen LogP contribution >= 0.6 is 0 Å². The summed E-state index contributed by atoms with van der Waals surface area (Å²) in [6, 6.07) is 13.2. The fraction of sp³-hybridized carbons (Fsp3) is 0.158. The van der Waals surface area contributed by atoms with Crippen LogP contribution in [0, 0.1) is 0 Å². The molecule has 6 heteroatoms. The third kappa shape index (κ3) is 4.60.